The summed E-state index contributed by atoms with van der Waals surface area (Å²) in [7, 11) is 1.81. The smallest absolute Gasteiger partial charge is 0.256 e. The molecule has 1 rings (SSSR count). The minimum atomic E-state index is 0.0367. The van der Waals surface area contributed by atoms with Crippen molar-refractivity contribution in [2.75, 3.05) is 25.5 Å². The van der Waals surface area contributed by atoms with E-state index >= 15 is 0 Å². The molecule has 0 heterocycles. The predicted molar refractivity (Wildman–Crippen MR) is 82.0 cm³/mol. The van der Waals surface area contributed by atoms with Crippen molar-refractivity contribution < 1.29 is 4.79 Å². The predicted octanol–water partition coefficient (Wildman–Crippen LogP) is 3.89. The quantitative estimate of drug-likeness (QED) is 0.858. The van der Waals surface area contributed by atoms with Crippen LogP contribution in [0.3, 0.4) is 0 Å². The van der Waals surface area contributed by atoms with E-state index in [1.807, 2.05) is 24.9 Å². The fourth-order valence-electron chi connectivity index (χ4n) is 1.94. The summed E-state index contributed by atoms with van der Waals surface area (Å²) in [6, 6.07) is 5.36. The maximum absolute atomic E-state index is 12.6. The average Bonchev–Trinajstić information content (AvgIpc) is 2.43. The van der Waals surface area contributed by atoms with E-state index in [0.29, 0.717) is 23.0 Å². The first-order valence-corrected chi connectivity index (χ1v) is 7.17. The summed E-state index contributed by atoms with van der Waals surface area (Å²) >= 11 is 6.00. The average molecular weight is 283 g/mol. The maximum Gasteiger partial charge on any atom is 0.256 e. The molecule has 0 aromatic heterocycles. The third-order valence-corrected chi connectivity index (χ3v) is 3.61. The van der Waals surface area contributed by atoms with E-state index in [0.717, 1.165) is 18.7 Å². The molecule has 19 heavy (non-hydrogen) atoms. The first-order chi connectivity index (χ1) is 9.03. The summed E-state index contributed by atoms with van der Waals surface area (Å²) in [6.07, 6.45) is 1.07. The molecule has 0 radical (unpaired) electrons. The normalized spacial score (nSPS) is 12.1. The van der Waals surface area contributed by atoms with Crippen molar-refractivity contribution in [3.8, 4) is 0 Å². The van der Waals surface area contributed by atoms with Gasteiger partial charge in [-0.3, -0.25) is 4.79 Å². The number of amides is 1. The molecule has 0 aliphatic heterocycles. The highest BCUT2D eigenvalue weighted by Gasteiger charge is 2.19. The van der Waals surface area contributed by atoms with E-state index in [1.54, 1.807) is 12.1 Å². The molecule has 1 atom stereocenters. The van der Waals surface area contributed by atoms with Gasteiger partial charge in [-0.25, -0.2) is 0 Å². The fourth-order valence-corrected chi connectivity index (χ4v) is 2.11. The number of nitrogens with one attached hydrogen (secondary N) is 1. The number of benzene rings is 1. The Morgan fingerprint density at radius 1 is 1.42 bits per heavy atom. The highest BCUT2D eigenvalue weighted by Crippen LogP contribution is 2.22. The Kier molecular flexibility index (Phi) is 6.16. The van der Waals surface area contributed by atoms with Crippen LogP contribution in [-0.2, 0) is 0 Å². The van der Waals surface area contributed by atoms with Gasteiger partial charge in [-0.05, 0) is 31.0 Å². The van der Waals surface area contributed by atoms with Crippen LogP contribution in [0.2, 0.25) is 5.02 Å². The van der Waals surface area contributed by atoms with Crippen LogP contribution in [0.25, 0.3) is 0 Å². The van der Waals surface area contributed by atoms with Gasteiger partial charge in [-0.2, -0.15) is 0 Å². The van der Waals surface area contributed by atoms with E-state index in [-0.39, 0.29) is 5.91 Å². The van der Waals surface area contributed by atoms with Crippen LogP contribution in [0.4, 0.5) is 5.69 Å². The van der Waals surface area contributed by atoms with Crippen LogP contribution >= 0.6 is 11.6 Å². The van der Waals surface area contributed by atoms with E-state index in [4.69, 9.17) is 11.6 Å². The third-order valence-electron chi connectivity index (χ3n) is 3.38. The summed E-state index contributed by atoms with van der Waals surface area (Å²) < 4.78 is 0. The first kappa shape index (κ1) is 15.8. The van der Waals surface area contributed by atoms with Crippen molar-refractivity contribution in [1.82, 2.24) is 4.90 Å². The highest BCUT2D eigenvalue weighted by molar-refractivity contribution is 6.31. The zero-order valence-electron chi connectivity index (χ0n) is 12.2. The SMILES string of the molecule is CCC(C)CN(CC)C(=O)c1cc(Cl)ccc1NC. The van der Waals surface area contributed by atoms with E-state index in [1.165, 1.54) is 0 Å². The van der Waals surface area contributed by atoms with Gasteiger partial charge in [0.1, 0.15) is 0 Å². The second kappa shape index (κ2) is 7.39. The molecule has 0 saturated carbocycles. The molecule has 0 bridgehead atoms. The Labute approximate surface area is 120 Å². The summed E-state index contributed by atoms with van der Waals surface area (Å²) in [5, 5.41) is 3.63. The molecule has 4 heteroatoms. The number of halogens is 1. The fraction of sp³-hybridized carbons (Fsp3) is 0.533. The molecular formula is C15H23ClN2O. The topological polar surface area (TPSA) is 32.3 Å². The molecule has 0 fully saturated rings. The molecule has 106 valence electrons. The molecule has 3 nitrogen and oxygen atoms in total. The lowest BCUT2D eigenvalue weighted by molar-refractivity contribution is 0.0742. The summed E-state index contributed by atoms with van der Waals surface area (Å²) in [4.78, 5) is 14.5. The standard InChI is InChI=1S/C15H23ClN2O/c1-5-11(3)10-18(6-2)15(19)13-9-12(16)7-8-14(13)17-4/h7-9,11,17H,5-6,10H2,1-4H3. The third kappa shape index (κ3) is 4.13. The van der Waals surface area contributed by atoms with E-state index in [2.05, 4.69) is 19.2 Å². The van der Waals surface area contributed by atoms with Crippen molar-refractivity contribution in [1.29, 1.82) is 0 Å². The van der Waals surface area contributed by atoms with Gasteiger partial charge in [0.15, 0.2) is 0 Å². The van der Waals surface area contributed by atoms with Crippen LogP contribution in [0.5, 0.6) is 0 Å². The van der Waals surface area contributed by atoms with Gasteiger partial charge in [0.05, 0.1) is 5.56 Å². The number of hydrogen-bond donors (Lipinski definition) is 1. The van der Waals surface area contributed by atoms with Gasteiger partial charge >= 0.3 is 0 Å². The van der Waals surface area contributed by atoms with Gasteiger partial charge in [0, 0.05) is 30.8 Å². The van der Waals surface area contributed by atoms with Crippen molar-refractivity contribution in [3.05, 3.63) is 28.8 Å². The Morgan fingerprint density at radius 2 is 2.11 bits per heavy atom. The number of carbonyl (C=O) groups excluding carboxylic acids is 1. The lowest BCUT2D eigenvalue weighted by Crippen LogP contribution is -2.34. The Hall–Kier alpha value is -1.22. The lowest BCUT2D eigenvalue weighted by Gasteiger charge is -2.25. The van der Waals surface area contributed by atoms with Crippen molar-refractivity contribution in [3.63, 3.8) is 0 Å². The minimum Gasteiger partial charge on any atom is -0.387 e. The minimum absolute atomic E-state index is 0.0367. The van der Waals surface area contributed by atoms with Crippen LogP contribution in [0.1, 0.15) is 37.6 Å². The van der Waals surface area contributed by atoms with Crippen molar-refractivity contribution in [2.45, 2.75) is 27.2 Å². The molecule has 1 aromatic carbocycles. The molecule has 1 amide bonds. The molecule has 0 aliphatic rings. The Balaban J connectivity index is 2.99. The summed E-state index contributed by atoms with van der Waals surface area (Å²) in [5.74, 6) is 0.538. The van der Waals surface area contributed by atoms with E-state index < -0.39 is 0 Å². The van der Waals surface area contributed by atoms with Gasteiger partial charge in [0.2, 0.25) is 0 Å². The van der Waals surface area contributed by atoms with E-state index in [9.17, 15) is 4.79 Å². The van der Waals surface area contributed by atoms with Crippen LogP contribution in [-0.4, -0.2) is 30.9 Å². The summed E-state index contributed by atoms with van der Waals surface area (Å²) in [6.45, 7) is 7.79. The van der Waals surface area contributed by atoms with Gasteiger partial charge in [-0.1, -0.05) is 31.9 Å². The molecule has 0 aliphatic carbocycles. The number of hydrogen-bond acceptors (Lipinski definition) is 2. The van der Waals surface area contributed by atoms with Crippen molar-refractivity contribution in [2.24, 2.45) is 5.92 Å². The first-order valence-electron chi connectivity index (χ1n) is 6.80. The summed E-state index contributed by atoms with van der Waals surface area (Å²) in [5.41, 5.74) is 1.46. The molecule has 0 saturated heterocycles. The molecule has 0 spiro atoms. The Morgan fingerprint density at radius 3 is 2.63 bits per heavy atom. The maximum atomic E-state index is 12.6. The number of anilines is 1. The molecular weight excluding hydrogens is 260 g/mol. The van der Waals surface area contributed by atoms with Crippen molar-refractivity contribution >= 4 is 23.2 Å². The monoisotopic (exact) mass is 282 g/mol. The molecule has 1 aromatic rings. The van der Waals surface area contributed by atoms with Gasteiger partial charge in [-0.15, -0.1) is 0 Å². The second-order valence-corrected chi connectivity index (χ2v) is 5.23. The number of carbonyl (C=O) groups is 1. The van der Waals surface area contributed by atoms with Gasteiger partial charge < -0.3 is 10.2 Å². The lowest BCUT2D eigenvalue weighted by atomic mass is 10.1. The number of nitrogens with zero attached hydrogens (tertiary/aromatic N) is 1. The van der Waals surface area contributed by atoms with Crippen LogP contribution in [0.15, 0.2) is 18.2 Å². The highest BCUT2D eigenvalue weighted by atomic mass is 35.5. The molecule has 1 N–H and O–H groups in total. The molecule has 1 unspecified atom stereocenters. The zero-order valence-corrected chi connectivity index (χ0v) is 12.9. The second-order valence-electron chi connectivity index (χ2n) is 4.80. The van der Waals surface area contributed by atoms with Gasteiger partial charge in [0.25, 0.3) is 5.91 Å². The van der Waals surface area contributed by atoms with Crippen LogP contribution in [0, 0.1) is 5.92 Å². The zero-order chi connectivity index (χ0) is 14.4. The largest absolute Gasteiger partial charge is 0.387 e. The number of rotatable bonds is 6. The van der Waals surface area contributed by atoms with Crippen LogP contribution < -0.4 is 5.32 Å². The Bertz CT molecular complexity index is 434.